The molecule has 2 heteroatoms. The molecule has 0 aliphatic carbocycles. The first kappa shape index (κ1) is 9.97. The number of aryl methyl sites for hydroxylation is 1. The van der Waals surface area contributed by atoms with Crippen molar-refractivity contribution in [3.8, 4) is 0 Å². The third-order valence-corrected chi connectivity index (χ3v) is 3.24. The van der Waals surface area contributed by atoms with E-state index in [2.05, 4.69) is 31.2 Å². The van der Waals surface area contributed by atoms with E-state index in [9.17, 15) is 0 Å². The number of benzene rings is 3. The second kappa shape index (κ2) is 3.39. The number of hydrogen-bond acceptors (Lipinski definition) is 2. The zero-order valence-electron chi connectivity index (χ0n) is 9.70. The Kier molecular flexibility index (Phi) is 1.99. The molecule has 0 aliphatic rings. The molecule has 0 fully saturated rings. The average Bonchev–Trinajstić information content (AvgIpc) is 2.31. The fraction of sp³-hybridized carbons (Fsp3) is 0.0667. The van der Waals surface area contributed by atoms with Crippen molar-refractivity contribution in [1.29, 1.82) is 0 Å². The molecule has 0 aliphatic heterocycles. The van der Waals surface area contributed by atoms with Crippen LogP contribution in [0.4, 0.5) is 11.4 Å². The summed E-state index contributed by atoms with van der Waals surface area (Å²) in [4.78, 5) is 0. The number of nitrogens with two attached hydrogens (primary N) is 2. The molecule has 0 unspecified atom stereocenters. The Morgan fingerprint density at radius 2 is 1.47 bits per heavy atom. The van der Waals surface area contributed by atoms with E-state index in [4.69, 9.17) is 11.5 Å². The van der Waals surface area contributed by atoms with Crippen LogP contribution in [-0.4, -0.2) is 0 Å². The molecule has 84 valence electrons. The summed E-state index contributed by atoms with van der Waals surface area (Å²) < 4.78 is 0. The molecule has 0 saturated heterocycles. The van der Waals surface area contributed by atoms with E-state index in [1.807, 2.05) is 18.2 Å². The number of rotatable bonds is 0. The van der Waals surface area contributed by atoms with Crippen molar-refractivity contribution < 1.29 is 0 Å². The summed E-state index contributed by atoms with van der Waals surface area (Å²) in [5.74, 6) is 0. The van der Waals surface area contributed by atoms with E-state index in [0.717, 1.165) is 16.5 Å². The highest BCUT2D eigenvalue weighted by Crippen LogP contribution is 2.33. The lowest BCUT2D eigenvalue weighted by Crippen LogP contribution is -1.93. The zero-order valence-corrected chi connectivity index (χ0v) is 9.70. The minimum absolute atomic E-state index is 0.712. The van der Waals surface area contributed by atoms with Crippen LogP contribution in [0.2, 0.25) is 0 Å². The van der Waals surface area contributed by atoms with Crippen molar-refractivity contribution in [2.45, 2.75) is 6.92 Å². The second-order valence-electron chi connectivity index (χ2n) is 4.44. The van der Waals surface area contributed by atoms with Gasteiger partial charge in [0.1, 0.15) is 0 Å². The standard InChI is InChI=1S/C15H14N2/c1-9-6-14-13(7-10(16)8-15(14)17)12-5-3-2-4-11(9)12/h2-8H,16-17H2,1H3. The van der Waals surface area contributed by atoms with Gasteiger partial charge in [0.05, 0.1) is 0 Å². The third-order valence-electron chi connectivity index (χ3n) is 3.24. The van der Waals surface area contributed by atoms with E-state index < -0.39 is 0 Å². The van der Waals surface area contributed by atoms with Gasteiger partial charge in [0.25, 0.3) is 0 Å². The van der Waals surface area contributed by atoms with Gasteiger partial charge in [0.2, 0.25) is 0 Å². The van der Waals surface area contributed by atoms with Crippen molar-refractivity contribution in [2.24, 2.45) is 0 Å². The van der Waals surface area contributed by atoms with Gasteiger partial charge in [-0.05, 0) is 46.8 Å². The number of fused-ring (bicyclic) bond motifs is 3. The molecule has 0 amide bonds. The minimum atomic E-state index is 0.712. The highest BCUT2D eigenvalue weighted by Gasteiger charge is 2.06. The van der Waals surface area contributed by atoms with Gasteiger partial charge in [-0.3, -0.25) is 0 Å². The Balaban J connectivity index is 2.63. The molecule has 3 aromatic carbocycles. The van der Waals surface area contributed by atoms with Crippen LogP contribution in [0.25, 0.3) is 21.5 Å². The summed E-state index contributed by atoms with van der Waals surface area (Å²) in [6.45, 7) is 2.11. The summed E-state index contributed by atoms with van der Waals surface area (Å²) in [5.41, 5.74) is 14.6. The predicted octanol–water partition coefficient (Wildman–Crippen LogP) is 3.47. The summed E-state index contributed by atoms with van der Waals surface area (Å²) in [7, 11) is 0. The molecule has 0 saturated carbocycles. The highest BCUT2D eigenvalue weighted by molar-refractivity contribution is 6.13. The monoisotopic (exact) mass is 222 g/mol. The van der Waals surface area contributed by atoms with Crippen molar-refractivity contribution in [2.75, 3.05) is 11.5 Å². The van der Waals surface area contributed by atoms with Crippen molar-refractivity contribution in [3.05, 3.63) is 48.0 Å². The van der Waals surface area contributed by atoms with Gasteiger partial charge >= 0.3 is 0 Å². The van der Waals surface area contributed by atoms with Crippen LogP contribution in [0, 0.1) is 6.92 Å². The topological polar surface area (TPSA) is 52.0 Å². The fourth-order valence-corrected chi connectivity index (χ4v) is 2.44. The van der Waals surface area contributed by atoms with Gasteiger partial charge in [0, 0.05) is 16.8 Å². The number of nitrogen functional groups attached to an aromatic ring is 2. The van der Waals surface area contributed by atoms with E-state index in [1.54, 1.807) is 0 Å². The third kappa shape index (κ3) is 1.41. The smallest absolute Gasteiger partial charge is 0.0414 e. The Bertz CT molecular complexity index is 730. The molecule has 0 atom stereocenters. The van der Waals surface area contributed by atoms with Gasteiger partial charge in [-0.25, -0.2) is 0 Å². The molecule has 0 radical (unpaired) electrons. The normalized spacial score (nSPS) is 11.1. The maximum Gasteiger partial charge on any atom is 0.0414 e. The van der Waals surface area contributed by atoms with Crippen molar-refractivity contribution in [1.82, 2.24) is 0 Å². The summed E-state index contributed by atoms with van der Waals surface area (Å²) in [6.07, 6.45) is 0. The molecule has 0 heterocycles. The fourth-order valence-electron chi connectivity index (χ4n) is 2.44. The molecule has 17 heavy (non-hydrogen) atoms. The first-order valence-corrected chi connectivity index (χ1v) is 5.64. The SMILES string of the molecule is Cc1cc2c(N)cc(N)cc2c2ccccc12. The van der Waals surface area contributed by atoms with Crippen LogP contribution < -0.4 is 11.5 Å². The van der Waals surface area contributed by atoms with Gasteiger partial charge in [0.15, 0.2) is 0 Å². The molecule has 3 rings (SSSR count). The second-order valence-corrected chi connectivity index (χ2v) is 4.44. The first-order valence-electron chi connectivity index (χ1n) is 5.64. The van der Waals surface area contributed by atoms with Gasteiger partial charge < -0.3 is 11.5 Å². The average molecular weight is 222 g/mol. The highest BCUT2D eigenvalue weighted by atomic mass is 14.6. The van der Waals surface area contributed by atoms with Crippen molar-refractivity contribution in [3.63, 3.8) is 0 Å². The van der Waals surface area contributed by atoms with Crippen molar-refractivity contribution >= 4 is 32.9 Å². The van der Waals surface area contributed by atoms with Crippen LogP contribution >= 0.6 is 0 Å². The molecule has 0 spiro atoms. The molecule has 0 bridgehead atoms. The van der Waals surface area contributed by atoms with Crippen LogP contribution in [-0.2, 0) is 0 Å². The molecule has 2 nitrogen and oxygen atoms in total. The quantitative estimate of drug-likeness (QED) is 0.452. The van der Waals surface area contributed by atoms with Gasteiger partial charge in [-0.1, -0.05) is 24.3 Å². The number of anilines is 2. The maximum absolute atomic E-state index is 6.04. The molecular formula is C15H14N2. The lowest BCUT2D eigenvalue weighted by Gasteiger charge is -2.10. The Morgan fingerprint density at radius 3 is 2.24 bits per heavy atom. The lowest BCUT2D eigenvalue weighted by atomic mass is 9.97. The van der Waals surface area contributed by atoms with Gasteiger partial charge in [-0.2, -0.15) is 0 Å². The predicted molar refractivity (Wildman–Crippen MR) is 75.0 cm³/mol. The molecule has 0 aromatic heterocycles. The van der Waals surface area contributed by atoms with Crippen LogP contribution in [0.3, 0.4) is 0 Å². The molecule has 3 aromatic rings. The van der Waals surface area contributed by atoms with E-state index in [1.165, 1.54) is 16.3 Å². The Morgan fingerprint density at radius 1 is 0.765 bits per heavy atom. The largest absolute Gasteiger partial charge is 0.399 e. The summed E-state index contributed by atoms with van der Waals surface area (Å²) >= 11 is 0. The maximum atomic E-state index is 6.04. The number of hydrogen-bond donors (Lipinski definition) is 2. The summed E-state index contributed by atoms with van der Waals surface area (Å²) in [6, 6.07) is 14.3. The van der Waals surface area contributed by atoms with Crippen LogP contribution in [0.5, 0.6) is 0 Å². The zero-order chi connectivity index (χ0) is 12.0. The minimum Gasteiger partial charge on any atom is -0.399 e. The van der Waals surface area contributed by atoms with Crippen LogP contribution in [0.1, 0.15) is 5.56 Å². The Hall–Kier alpha value is -2.22. The van der Waals surface area contributed by atoms with E-state index in [0.29, 0.717) is 5.69 Å². The molecular weight excluding hydrogens is 208 g/mol. The first-order chi connectivity index (χ1) is 8.16. The molecule has 4 N–H and O–H groups in total. The van der Waals surface area contributed by atoms with E-state index >= 15 is 0 Å². The Labute approximate surface area is 99.8 Å². The van der Waals surface area contributed by atoms with Gasteiger partial charge in [-0.15, -0.1) is 0 Å². The summed E-state index contributed by atoms with van der Waals surface area (Å²) in [5, 5.41) is 4.67. The lowest BCUT2D eigenvalue weighted by molar-refractivity contribution is 1.55. The van der Waals surface area contributed by atoms with Crippen LogP contribution in [0.15, 0.2) is 42.5 Å². The van der Waals surface area contributed by atoms with E-state index in [-0.39, 0.29) is 0 Å².